The first-order chi connectivity index (χ1) is 17.0. The minimum Gasteiger partial charge on any atom is -0.507 e. The first-order valence-corrected chi connectivity index (χ1v) is 12.6. The molecular weight excluding hydrogens is 531 g/mol. The molecule has 0 aliphatic carbocycles. The van der Waals surface area contributed by atoms with E-state index in [1.54, 1.807) is 31.2 Å². The van der Waals surface area contributed by atoms with Crippen LogP contribution in [0, 0.1) is 0 Å². The minimum absolute atomic E-state index is 0.0225. The number of aromatic hydroxyl groups is 1. The van der Waals surface area contributed by atoms with Crippen molar-refractivity contribution in [3.05, 3.63) is 103 Å². The number of aromatic nitrogens is 3. The summed E-state index contributed by atoms with van der Waals surface area (Å²) < 4.78 is 35.1. The first kappa shape index (κ1) is 25.5. The van der Waals surface area contributed by atoms with E-state index in [1.165, 1.54) is 18.2 Å². The Bertz CT molecular complexity index is 1630. The van der Waals surface area contributed by atoms with Crippen LogP contribution in [0.5, 0.6) is 17.2 Å². The van der Waals surface area contributed by atoms with Crippen LogP contribution in [0.4, 0.5) is 0 Å². The zero-order chi connectivity index (χ0) is 26.0. The molecule has 4 rings (SSSR count). The molecule has 10 nitrogen and oxygen atoms in total. The van der Waals surface area contributed by atoms with Crippen molar-refractivity contribution in [2.45, 2.75) is 17.9 Å². The third-order valence-corrected chi connectivity index (χ3v) is 7.14. The van der Waals surface area contributed by atoms with E-state index in [2.05, 4.69) is 14.8 Å². The van der Waals surface area contributed by atoms with Crippen LogP contribution >= 0.6 is 23.2 Å². The van der Waals surface area contributed by atoms with E-state index in [-0.39, 0.29) is 27.2 Å². The van der Waals surface area contributed by atoms with Crippen molar-refractivity contribution in [1.29, 1.82) is 0 Å². The molecule has 0 spiro atoms. The van der Waals surface area contributed by atoms with Crippen molar-refractivity contribution >= 4 is 33.2 Å². The van der Waals surface area contributed by atoms with E-state index in [0.29, 0.717) is 0 Å². The summed E-state index contributed by atoms with van der Waals surface area (Å²) in [4.78, 5) is 24.9. The van der Waals surface area contributed by atoms with Gasteiger partial charge in [0.25, 0.3) is 5.56 Å². The average Bonchev–Trinajstić information content (AvgIpc) is 2.82. The highest BCUT2D eigenvalue weighted by molar-refractivity contribution is 7.89. The maximum atomic E-state index is 13.0. The summed E-state index contributed by atoms with van der Waals surface area (Å²) in [6.45, 7) is 1.67. The lowest BCUT2D eigenvalue weighted by molar-refractivity contribution is 0.447. The summed E-state index contributed by atoms with van der Waals surface area (Å²) >= 11 is 12.6. The Hall–Kier alpha value is -3.64. The third-order valence-electron chi connectivity index (χ3n) is 5.01. The van der Waals surface area contributed by atoms with Gasteiger partial charge in [-0.3, -0.25) is 9.78 Å². The predicted molar refractivity (Wildman–Crippen MR) is 134 cm³/mol. The number of halogens is 2. The molecule has 36 heavy (non-hydrogen) atoms. The van der Waals surface area contributed by atoms with Gasteiger partial charge in [-0.25, -0.2) is 17.9 Å². The lowest BCUT2D eigenvalue weighted by atomic mass is 10.1. The van der Waals surface area contributed by atoms with Gasteiger partial charge in [-0.2, -0.15) is 9.78 Å². The van der Waals surface area contributed by atoms with Crippen molar-refractivity contribution in [2.24, 2.45) is 0 Å². The van der Waals surface area contributed by atoms with Crippen LogP contribution in [-0.4, -0.2) is 28.3 Å². The number of aromatic amines is 1. The maximum Gasteiger partial charge on any atom is 0.349 e. The summed E-state index contributed by atoms with van der Waals surface area (Å²) in [6, 6.07) is 14.7. The average molecular weight is 549 g/mol. The van der Waals surface area contributed by atoms with E-state index in [4.69, 9.17) is 27.9 Å². The van der Waals surface area contributed by atoms with E-state index >= 15 is 0 Å². The lowest BCUT2D eigenvalue weighted by Crippen LogP contribution is -2.30. The van der Waals surface area contributed by atoms with Crippen LogP contribution in [-0.2, 0) is 10.0 Å². The normalized spacial score (nSPS) is 12.3. The van der Waals surface area contributed by atoms with Gasteiger partial charge in [0.05, 0.1) is 15.7 Å². The Labute approximate surface area is 214 Å². The van der Waals surface area contributed by atoms with Gasteiger partial charge in [0.2, 0.25) is 10.0 Å². The predicted octanol–water partition coefficient (Wildman–Crippen LogP) is 3.77. The fourth-order valence-electron chi connectivity index (χ4n) is 3.30. The highest BCUT2D eigenvalue weighted by Gasteiger charge is 2.23. The van der Waals surface area contributed by atoms with E-state index in [1.807, 2.05) is 6.07 Å². The van der Waals surface area contributed by atoms with Gasteiger partial charge in [-0.1, -0.05) is 53.5 Å². The van der Waals surface area contributed by atoms with Gasteiger partial charge in [0, 0.05) is 12.1 Å². The maximum absolute atomic E-state index is 13.0. The summed E-state index contributed by atoms with van der Waals surface area (Å²) in [5.74, 6) is -0.484. The van der Waals surface area contributed by atoms with Crippen LogP contribution < -0.4 is 20.7 Å². The number of nitrogens with one attached hydrogen (secondary N) is 2. The van der Waals surface area contributed by atoms with Gasteiger partial charge in [0.15, 0.2) is 5.75 Å². The highest BCUT2D eigenvalue weighted by Crippen LogP contribution is 2.39. The lowest BCUT2D eigenvalue weighted by Gasteiger charge is -2.16. The van der Waals surface area contributed by atoms with Crippen molar-refractivity contribution in [3.63, 3.8) is 0 Å². The molecule has 0 saturated heterocycles. The first-order valence-electron chi connectivity index (χ1n) is 10.3. The second kappa shape index (κ2) is 10.2. The summed E-state index contributed by atoms with van der Waals surface area (Å²) in [5.41, 5.74) is -0.567. The molecule has 1 unspecified atom stereocenters. The fraction of sp³-hybridized carbons (Fsp3) is 0.0870. The van der Waals surface area contributed by atoms with Crippen LogP contribution in [0.2, 0.25) is 10.0 Å². The van der Waals surface area contributed by atoms with Gasteiger partial charge in [0.1, 0.15) is 22.6 Å². The molecule has 1 aromatic heterocycles. The standard InChI is InChI=1S/C23H18Cl2N4O6S/c1-13(14-5-3-2-4-6-14)28-36(33,34)20-11-16(7-8-19(20)30)35-22-17(24)9-15(10-18(22)25)29-23(32)27-21(31)12-26-29/h2-13,28,30H,1H3,(H,27,31,32). The summed E-state index contributed by atoms with van der Waals surface area (Å²) in [5, 5.41) is 13.9. The number of phenolic OH excluding ortho intramolecular Hbond substituents is 1. The minimum atomic E-state index is -4.15. The molecule has 0 saturated carbocycles. The van der Waals surface area contributed by atoms with E-state index < -0.39 is 38.0 Å². The van der Waals surface area contributed by atoms with Crippen molar-refractivity contribution < 1.29 is 18.3 Å². The molecule has 0 bridgehead atoms. The number of H-pyrrole nitrogens is 1. The van der Waals surface area contributed by atoms with Gasteiger partial charge in [-0.15, -0.1) is 0 Å². The molecule has 1 atom stereocenters. The number of hydrogen-bond acceptors (Lipinski definition) is 7. The largest absolute Gasteiger partial charge is 0.507 e. The van der Waals surface area contributed by atoms with E-state index in [9.17, 15) is 23.1 Å². The second-order valence-electron chi connectivity index (χ2n) is 7.57. The molecule has 0 amide bonds. The molecule has 1 heterocycles. The number of ether oxygens (including phenoxy) is 1. The molecule has 0 radical (unpaired) electrons. The number of hydrogen-bond donors (Lipinski definition) is 3. The molecule has 0 aliphatic rings. The molecule has 4 aromatic rings. The Morgan fingerprint density at radius 2 is 1.72 bits per heavy atom. The number of phenols is 1. The number of rotatable bonds is 7. The van der Waals surface area contributed by atoms with Crippen LogP contribution in [0.3, 0.4) is 0 Å². The number of nitrogens with zero attached hydrogens (tertiary/aromatic N) is 2. The third kappa shape index (κ3) is 5.44. The van der Waals surface area contributed by atoms with Crippen molar-refractivity contribution in [1.82, 2.24) is 19.5 Å². The zero-order valence-corrected chi connectivity index (χ0v) is 20.8. The summed E-state index contributed by atoms with van der Waals surface area (Å²) in [7, 11) is -4.15. The van der Waals surface area contributed by atoms with Crippen molar-refractivity contribution in [2.75, 3.05) is 0 Å². The van der Waals surface area contributed by atoms with Crippen LogP contribution in [0.25, 0.3) is 5.69 Å². The van der Waals surface area contributed by atoms with Crippen molar-refractivity contribution in [3.8, 4) is 22.9 Å². The topological polar surface area (TPSA) is 143 Å². The molecule has 13 heteroatoms. The Kier molecular flexibility index (Phi) is 7.18. The molecule has 0 fully saturated rings. The second-order valence-corrected chi connectivity index (χ2v) is 10.1. The fourth-order valence-corrected chi connectivity index (χ4v) is 5.20. The SMILES string of the molecule is CC(NS(=O)(=O)c1cc(Oc2c(Cl)cc(-n3ncc(=O)[nH]c3=O)cc2Cl)ccc1O)c1ccccc1. The smallest absolute Gasteiger partial charge is 0.349 e. The molecule has 0 aliphatic heterocycles. The summed E-state index contributed by atoms with van der Waals surface area (Å²) in [6.07, 6.45) is 0.915. The highest BCUT2D eigenvalue weighted by atomic mass is 35.5. The van der Waals surface area contributed by atoms with Gasteiger partial charge < -0.3 is 9.84 Å². The van der Waals surface area contributed by atoms with E-state index in [0.717, 1.165) is 28.6 Å². The molecule has 3 N–H and O–H groups in total. The van der Waals surface area contributed by atoms with Gasteiger partial charge in [-0.05, 0) is 36.8 Å². The van der Waals surface area contributed by atoms with Crippen LogP contribution in [0.15, 0.2) is 81.3 Å². The van der Waals surface area contributed by atoms with Gasteiger partial charge >= 0.3 is 5.69 Å². The molecule has 3 aromatic carbocycles. The quantitative estimate of drug-likeness (QED) is 0.319. The number of benzene rings is 3. The van der Waals surface area contributed by atoms with Crippen LogP contribution in [0.1, 0.15) is 18.5 Å². The molecule has 186 valence electrons. The monoisotopic (exact) mass is 548 g/mol. The Morgan fingerprint density at radius 3 is 2.36 bits per heavy atom. The zero-order valence-electron chi connectivity index (χ0n) is 18.5. The Balaban J connectivity index is 1.63. The Morgan fingerprint density at radius 1 is 1.06 bits per heavy atom. The number of sulfonamides is 1. The molecular formula is C23H18Cl2N4O6S.